The number of rotatable bonds is 7. The first-order valence-corrected chi connectivity index (χ1v) is 15.3. The van der Waals surface area contributed by atoms with Crippen molar-refractivity contribution >= 4 is 0 Å². The van der Waals surface area contributed by atoms with Crippen LogP contribution in [0.15, 0.2) is 11.6 Å². The van der Waals surface area contributed by atoms with Gasteiger partial charge in [-0.05, 0) is 131 Å². The zero-order chi connectivity index (χ0) is 24.9. The van der Waals surface area contributed by atoms with E-state index in [1.54, 1.807) is 5.57 Å². The molecule has 0 heterocycles. The molecule has 0 aromatic rings. The second kappa shape index (κ2) is 9.87. The quantitative estimate of drug-likeness (QED) is 0.336. The lowest BCUT2D eigenvalue weighted by molar-refractivity contribution is -0.0955. The minimum Gasteiger partial charge on any atom is -0.372 e. The van der Waals surface area contributed by atoms with E-state index in [0.29, 0.717) is 16.9 Å². The standard InChI is InChI=1S/C33H58O/c1-10-24(22(2)3)12-11-23(4)28-15-16-29-27-14-13-25-21-26(34-31(5,6)7)17-19-32(25,8)30(27)18-20-33(28,29)9/h13,22-24,26-30H,10-12,14-21H2,1-9H3/t23-,24-,26+,27+,28-,29+,30+,32+,33-/m1/s1. The van der Waals surface area contributed by atoms with Gasteiger partial charge in [0.25, 0.3) is 0 Å². The summed E-state index contributed by atoms with van der Waals surface area (Å²) >= 11 is 0. The van der Waals surface area contributed by atoms with Crippen molar-refractivity contribution in [3.05, 3.63) is 11.6 Å². The molecule has 1 nitrogen and oxygen atoms in total. The molecule has 4 aliphatic rings. The number of ether oxygens (including phenoxy) is 1. The van der Waals surface area contributed by atoms with Crippen LogP contribution in [0.3, 0.4) is 0 Å². The first-order valence-electron chi connectivity index (χ1n) is 15.3. The molecule has 0 bridgehead atoms. The van der Waals surface area contributed by atoms with Gasteiger partial charge in [0.05, 0.1) is 11.7 Å². The van der Waals surface area contributed by atoms with E-state index >= 15 is 0 Å². The molecule has 0 unspecified atom stereocenters. The van der Waals surface area contributed by atoms with Crippen LogP contribution in [0.2, 0.25) is 0 Å². The summed E-state index contributed by atoms with van der Waals surface area (Å²) in [5.41, 5.74) is 2.77. The van der Waals surface area contributed by atoms with Crippen molar-refractivity contribution in [3.63, 3.8) is 0 Å². The molecule has 9 atom stereocenters. The molecule has 0 N–H and O–H groups in total. The third-order valence-electron chi connectivity index (χ3n) is 11.8. The van der Waals surface area contributed by atoms with Crippen LogP contribution in [0.4, 0.5) is 0 Å². The summed E-state index contributed by atoms with van der Waals surface area (Å²) in [5, 5.41) is 0. The monoisotopic (exact) mass is 470 g/mol. The van der Waals surface area contributed by atoms with Crippen molar-refractivity contribution in [2.75, 3.05) is 0 Å². The van der Waals surface area contributed by atoms with Crippen LogP contribution in [-0.4, -0.2) is 11.7 Å². The Balaban J connectivity index is 1.45. The van der Waals surface area contributed by atoms with Gasteiger partial charge in [0.2, 0.25) is 0 Å². The van der Waals surface area contributed by atoms with Crippen LogP contribution < -0.4 is 0 Å². The topological polar surface area (TPSA) is 9.23 Å². The largest absolute Gasteiger partial charge is 0.372 e. The van der Waals surface area contributed by atoms with Gasteiger partial charge in [-0.3, -0.25) is 0 Å². The lowest BCUT2D eigenvalue weighted by Crippen LogP contribution is -2.51. The van der Waals surface area contributed by atoms with Gasteiger partial charge in [0, 0.05) is 0 Å². The zero-order valence-corrected chi connectivity index (χ0v) is 24.4. The summed E-state index contributed by atoms with van der Waals surface area (Å²) in [6.45, 7) is 21.9. The Bertz CT molecular complexity index is 727. The van der Waals surface area contributed by atoms with Gasteiger partial charge in [-0.2, -0.15) is 0 Å². The zero-order valence-electron chi connectivity index (χ0n) is 24.4. The minimum atomic E-state index is -0.0231. The third-order valence-corrected chi connectivity index (χ3v) is 11.8. The van der Waals surface area contributed by atoms with Gasteiger partial charge in [-0.15, -0.1) is 0 Å². The highest BCUT2D eigenvalue weighted by Gasteiger charge is 2.59. The Kier molecular flexibility index (Phi) is 7.77. The van der Waals surface area contributed by atoms with E-state index in [1.807, 2.05) is 0 Å². The van der Waals surface area contributed by atoms with Crippen molar-refractivity contribution in [2.24, 2.45) is 52.3 Å². The molecule has 0 amide bonds. The van der Waals surface area contributed by atoms with Crippen LogP contribution >= 0.6 is 0 Å². The smallest absolute Gasteiger partial charge is 0.0619 e. The fraction of sp³-hybridized carbons (Fsp3) is 0.939. The van der Waals surface area contributed by atoms with Crippen LogP contribution in [0.25, 0.3) is 0 Å². The normalized spacial score (nSPS) is 41.9. The molecule has 0 aromatic carbocycles. The molecular weight excluding hydrogens is 412 g/mol. The average Bonchev–Trinajstić information content (AvgIpc) is 3.10. The Labute approximate surface area is 213 Å². The first kappa shape index (κ1) is 26.8. The van der Waals surface area contributed by atoms with Crippen molar-refractivity contribution in [1.29, 1.82) is 0 Å². The predicted octanol–water partition coefficient (Wildman–Crippen LogP) is 9.85. The van der Waals surface area contributed by atoms with Crippen LogP contribution in [0, 0.1) is 52.3 Å². The van der Waals surface area contributed by atoms with Gasteiger partial charge in [-0.1, -0.05) is 66.0 Å². The maximum absolute atomic E-state index is 6.46. The van der Waals surface area contributed by atoms with Crippen molar-refractivity contribution in [1.82, 2.24) is 0 Å². The minimum absolute atomic E-state index is 0.0231. The fourth-order valence-corrected chi connectivity index (χ4v) is 9.89. The van der Waals surface area contributed by atoms with Crippen LogP contribution in [-0.2, 0) is 4.74 Å². The van der Waals surface area contributed by atoms with Gasteiger partial charge in [-0.25, -0.2) is 0 Å². The summed E-state index contributed by atoms with van der Waals surface area (Å²) in [7, 11) is 0. The van der Waals surface area contributed by atoms with Crippen molar-refractivity contribution in [2.45, 2.75) is 145 Å². The molecule has 196 valence electrons. The molecule has 4 aliphatic carbocycles. The Morgan fingerprint density at radius 2 is 1.71 bits per heavy atom. The summed E-state index contributed by atoms with van der Waals surface area (Å²) in [6, 6.07) is 0. The van der Waals surface area contributed by atoms with Gasteiger partial charge in [0.1, 0.15) is 0 Å². The Morgan fingerprint density at radius 1 is 0.971 bits per heavy atom. The molecule has 3 saturated carbocycles. The molecular formula is C33H58O. The molecule has 0 radical (unpaired) electrons. The number of hydrogen-bond donors (Lipinski definition) is 0. The SMILES string of the molecule is CC[C@H](CC[C@@H](C)[C@H]1CC[C@H]2[C@@H]3CC=C4C[C@@H](OC(C)(C)C)CC[C@]4(C)[C@H]3CC[C@]12C)C(C)C. The molecule has 0 aliphatic heterocycles. The van der Waals surface area contributed by atoms with Gasteiger partial charge in [0.15, 0.2) is 0 Å². The van der Waals surface area contributed by atoms with Crippen molar-refractivity contribution < 1.29 is 4.74 Å². The van der Waals surface area contributed by atoms with E-state index in [-0.39, 0.29) is 5.60 Å². The van der Waals surface area contributed by atoms with E-state index in [1.165, 1.54) is 70.6 Å². The lowest BCUT2D eigenvalue weighted by atomic mass is 9.47. The first-order chi connectivity index (χ1) is 15.9. The number of allylic oxidation sites excluding steroid dienone is 1. The molecule has 0 aromatic heterocycles. The lowest BCUT2D eigenvalue weighted by Gasteiger charge is -2.58. The summed E-state index contributed by atoms with van der Waals surface area (Å²) in [6.07, 6.45) is 18.5. The van der Waals surface area contributed by atoms with Crippen LogP contribution in [0.5, 0.6) is 0 Å². The Morgan fingerprint density at radius 3 is 2.35 bits per heavy atom. The van der Waals surface area contributed by atoms with Crippen molar-refractivity contribution in [3.8, 4) is 0 Å². The van der Waals surface area contributed by atoms with E-state index in [2.05, 4.69) is 68.4 Å². The summed E-state index contributed by atoms with van der Waals surface area (Å²) in [4.78, 5) is 0. The highest BCUT2D eigenvalue weighted by molar-refractivity contribution is 5.25. The second-order valence-corrected chi connectivity index (χ2v) is 15.0. The fourth-order valence-electron chi connectivity index (χ4n) is 9.89. The second-order valence-electron chi connectivity index (χ2n) is 15.0. The van der Waals surface area contributed by atoms with Crippen LogP contribution in [0.1, 0.15) is 133 Å². The molecule has 3 fully saturated rings. The third kappa shape index (κ3) is 4.95. The summed E-state index contributed by atoms with van der Waals surface area (Å²) < 4.78 is 6.46. The molecule has 4 rings (SSSR count). The van der Waals surface area contributed by atoms with Gasteiger partial charge < -0.3 is 4.74 Å². The molecule has 34 heavy (non-hydrogen) atoms. The van der Waals surface area contributed by atoms with E-state index < -0.39 is 0 Å². The average molecular weight is 471 g/mol. The molecule has 0 spiro atoms. The summed E-state index contributed by atoms with van der Waals surface area (Å²) in [5.74, 6) is 6.43. The molecule has 1 heteroatoms. The number of fused-ring (bicyclic) bond motifs is 5. The Hall–Kier alpha value is -0.300. The highest BCUT2D eigenvalue weighted by Crippen LogP contribution is 2.67. The van der Waals surface area contributed by atoms with Gasteiger partial charge >= 0.3 is 0 Å². The maximum Gasteiger partial charge on any atom is 0.0619 e. The molecule has 0 saturated heterocycles. The maximum atomic E-state index is 6.46. The van der Waals surface area contributed by atoms with E-state index in [9.17, 15) is 0 Å². The predicted molar refractivity (Wildman–Crippen MR) is 147 cm³/mol. The number of hydrogen-bond acceptors (Lipinski definition) is 1. The highest BCUT2D eigenvalue weighted by atomic mass is 16.5. The van der Waals surface area contributed by atoms with E-state index in [4.69, 9.17) is 4.74 Å². The van der Waals surface area contributed by atoms with E-state index in [0.717, 1.165) is 41.4 Å².